The molecular weight excluding hydrogens is 288 g/mol. The Hall–Kier alpha value is 2.36. The molecule has 4 nitrogen and oxygen atoms in total. The van der Waals surface area contributed by atoms with Crippen molar-refractivity contribution in [3.63, 3.8) is 0 Å². The molecule has 0 rings (SSSR count). The Kier molecular flexibility index (Phi) is 65.1. The molecule has 104 valence electrons. The molecule has 0 spiro atoms. The van der Waals surface area contributed by atoms with E-state index in [1.54, 1.807) is 55.4 Å². The van der Waals surface area contributed by atoms with Gasteiger partial charge in [-0.2, -0.15) is 0 Å². The second-order valence-corrected chi connectivity index (χ2v) is 4.20. The summed E-state index contributed by atoms with van der Waals surface area (Å²) in [5.41, 5.74) is 0. The molecule has 0 aromatic heterocycles. The van der Waals surface area contributed by atoms with E-state index in [0.29, 0.717) is 0 Å². The van der Waals surface area contributed by atoms with Crippen molar-refractivity contribution in [3.05, 3.63) is 0 Å². The third-order valence-electron chi connectivity index (χ3n) is 0. The van der Waals surface area contributed by atoms with Crippen LogP contribution < -0.4 is 20.4 Å². The summed E-state index contributed by atoms with van der Waals surface area (Å²) >= 11 is 0. The maximum absolute atomic E-state index is 9.53. The second kappa shape index (κ2) is 31.6. The smallest absolute Gasteiger partial charge is 0.852 e. The van der Waals surface area contributed by atoms with Crippen molar-refractivity contribution in [2.24, 2.45) is 0 Å². The van der Waals surface area contributed by atoms with Crippen LogP contribution in [-0.4, -0.2) is 99.9 Å². The van der Waals surface area contributed by atoms with Gasteiger partial charge >= 0.3 is 75.5 Å². The minimum atomic E-state index is -0.417. The van der Waals surface area contributed by atoms with Crippen LogP contribution in [0, 0.1) is 0 Å². The van der Waals surface area contributed by atoms with Crippen molar-refractivity contribution in [3.8, 4) is 0 Å². The Labute approximate surface area is 173 Å². The molecule has 0 aliphatic carbocycles. The normalized spacial score (nSPS) is 8.00. The van der Waals surface area contributed by atoms with E-state index < -0.39 is 24.4 Å². The summed E-state index contributed by atoms with van der Waals surface area (Å²) in [6, 6.07) is 0. The zero-order chi connectivity index (χ0) is 14.3. The number of hydrogen-bond acceptors (Lipinski definition) is 4. The monoisotopic (exact) mass is 316 g/mol. The average molecular weight is 317 g/mol. The zero-order valence-corrected chi connectivity index (χ0v) is 17.8. The minimum Gasteiger partial charge on any atom is -0.852 e. The van der Waals surface area contributed by atoms with Crippen molar-refractivity contribution in [2.45, 2.75) is 79.8 Å². The van der Waals surface area contributed by atoms with Gasteiger partial charge in [0.2, 0.25) is 0 Å². The topological polar surface area (TPSA) is 92.2 Å². The molecule has 0 aromatic rings. The summed E-state index contributed by atoms with van der Waals surface area (Å²) in [4.78, 5) is 0. The number of hydrogen-bond donors (Lipinski definition) is 0. The molecule has 0 aliphatic heterocycles. The van der Waals surface area contributed by atoms with Gasteiger partial charge in [0.15, 0.2) is 0 Å². The quantitative estimate of drug-likeness (QED) is 0.496. The van der Waals surface area contributed by atoms with Gasteiger partial charge in [-0.3, -0.25) is 0 Å². The van der Waals surface area contributed by atoms with Crippen molar-refractivity contribution in [1.82, 2.24) is 0 Å². The summed E-state index contributed by atoms with van der Waals surface area (Å²) in [6.07, 6.45) is -1.67. The Balaban J connectivity index is -0.0000000257. The predicted octanol–water partition coefficient (Wildman–Crippen LogP) is -1.74. The molecule has 0 atom stereocenters. The Morgan fingerprint density at radius 2 is 0.389 bits per heavy atom. The third kappa shape index (κ3) is 994. The molecular formula is C12H28Ca2O4. The molecule has 0 saturated heterocycles. The largest absolute Gasteiger partial charge is 2.00 e. The molecule has 0 heterocycles. The third-order valence-corrected chi connectivity index (χ3v) is 0. The summed E-state index contributed by atoms with van der Waals surface area (Å²) in [7, 11) is 0. The fourth-order valence-electron chi connectivity index (χ4n) is 0. The molecule has 0 saturated carbocycles. The Morgan fingerprint density at radius 3 is 0.389 bits per heavy atom. The second-order valence-electron chi connectivity index (χ2n) is 4.20. The van der Waals surface area contributed by atoms with E-state index in [0.717, 1.165) is 0 Å². The Bertz CT molecular complexity index is 65.1. The van der Waals surface area contributed by atoms with Crippen LogP contribution in [0.25, 0.3) is 0 Å². The van der Waals surface area contributed by atoms with Gasteiger partial charge in [-0.15, -0.1) is 24.4 Å². The van der Waals surface area contributed by atoms with E-state index in [4.69, 9.17) is 0 Å². The molecule has 18 heavy (non-hydrogen) atoms. The molecule has 0 aliphatic rings. The first-order valence-corrected chi connectivity index (χ1v) is 5.56. The minimum absolute atomic E-state index is 0. The van der Waals surface area contributed by atoms with Crippen LogP contribution in [0.1, 0.15) is 55.4 Å². The van der Waals surface area contributed by atoms with Crippen LogP contribution in [-0.2, 0) is 0 Å². The van der Waals surface area contributed by atoms with Gasteiger partial charge in [-0.05, 0) is 0 Å². The summed E-state index contributed by atoms with van der Waals surface area (Å²) in [5, 5.41) is 38.1. The fraction of sp³-hybridized carbons (Fsp3) is 1.00. The van der Waals surface area contributed by atoms with Gasteiger partial charge < -0.3 is 20.4 Å². The van der Waals surface area contributed by atoms with Gasteiger partial charge in [0.25, 0.3) is 0 Å². The molecule has 6 heteroatoms. The molecule has 0 radical (unpaired) electrons. The van der Waals surface area contributed by atoms with Crippen LogP contribution in [0.5, 0.6) is 0 Å². The van der Waals surface area contributed by atoms with E-state index in [2.05, 4.69) is 0 Å². The van der Waals surface area contributed by atoms with E-state index in [-0.39, 0.29) is 75.5 Å². The molecule has 0 N–H and O–H groups in total. The summed E-state index contributed by atoms with van der Waals surface area (Å²) in [5.74, 6) is 0. The van der Waals surface area contributed by atoms with E-state index in [9.17, 15) is 20.4 Å². The predicted molar refractivity (Wildman–Crippen MR) is 72.1 cm³/mol. The first kappa shape index (κ1) is 37.0. The number of rotatable bonds is 0. The van der Waals surface area contributed by atoms with Crippen LogP contribution in [0.2, 0.25) is 0 Å². The standard InChI is InChI=1S/4C3H7O.2Ca/c4*1-3(2)4;;/h4*3H,1-2H3;;/q4*-1;2*+2. The summed E-state index contributed by atoms with van der Waals surface area (Å²) < 4.78 is 0. The van der Waals surface area contributed by atoms with Crippen molar-refractivity contribution in [2.75, 3.05) is 0 Å². The Morgan fingerprint density at radius 1 is 0.389 bits per heavy atom. The van der Waals surface area contributed by atoms with E-state index >= 15 is 0 Å². The van der Waals surface area contributed by atoms with Crippen molar-refractivity contribution < 1.29 is 20.4 Å². The van der Waals surface area contributed by atoms with Gasteiger partial charge in [-0.25, -0.2) is 0 Å². The SMILES string of the molecule is CC(C)[O-].CC(C)[O-].CC(C)[O-].CC(C)[O-].[Ca+2].[Ca+2]. The first-order valence-electron chi connectivity index (χ1n) is 5.56. The molecule has 0 unspecified atom stereocenters. The fourth-order valence-corrected chi connectivity index (χ4v) is 0. The first-order chi connectivity index (χ1) is 6.93. The molecule has 0 amide bonds. The molecule has 0 fully saturated rings. The maximum Gasteiger partial charge on any atom is 2.00 e. The van der Waals surface area contributed by atoms with Gasteiger partial charge in [-0.1, -0.05) is 55.4 Å². The molecule has 0 bridgehead atoms. The van der Waals surface area contributed by atoms with Crippen LogP contribution in [0.4, 0.5) is 0 Å². The molecule has 0 aromatic carbocycles. The van der Waals surface area contributed by atoms with E-state index in [1.807, 2.05) is 0 Å². The van der Waals surface area contributed by atoms with Crippen molar-refractivity contribution in [1.29, 1.82) is 0 Å². The van der Waals surface area contributed by atoms with Gasteiger partial charge in [0.05, 0.1) is 0 Å². The maximum atomic E-state index is 9.53. The van der Waals surface area contributed by atoms with Gasteiger partial charge in [0, 0.05) is 0 Å². The van der Waals surface area contributed by atoms with Crippen LogP contribution >= 0.6 is 0 Å². The summed E-state index contributed by atoms with van der Waals surface area (Å²) in [6.45, 7) is 12.9. The van der Waals surface area contributed by atoms with Crippen molar-refractivity contribution >= 4 is 75.5 Å². The van der Waals surface area contributed by atoms with E-state index in [1.165, 1.54) is 0 Å². The van der Waals surface area contributed by atoms with Crippen LogP contribution in [0.15, 0.2) is 0 Å². The average Bonchev–Trinajstić information content (AvgIpc) is 1.76. The van der Waals surface area contributed by atoms with Gasteiger partial charge in [0.1, 0.15) is 0 Å². The zero-order valence-electron chi connectivity index (χ0n) is 13.4. The van der Waals surface area contributed by atoms with Crippen LogP contribution in [0.3, 0.4) is 0 Å².